The number of hydrogen-bond donors (Lipinski definition) is 2. The van der Waals surface area contributed by atoms with Crippen LogP contribution in [0.25, 0.3) is 10.9 Å². The van der Waals surface area contributed by atoms with E-state index in [9.17, 15) is 22.8 Å². The van der Waals surface area contributed by atoms with Gasteiger partial charge < -0.3 is 19.7 Å². The van der Waals surface area contributed by atoms with Gasteiger partial charge in [-0.3, -0.25) is 19.4 Å². The van der Waals surface area contributed by atoms with Gasteiger partial charge in [-0.1, -0.05) is 37.5 Å². The highest BCUT2D eigenvalue weighted by Gasteiger charge is 2.41. The molecule has 0 spiro atoms. The number of aromatic nitrogens is 1. The number of para-hydroxylation sites is 1. The van der Waals surface area contributed by atoms with Crippen molar-refractivity contribution in [2.45, 2.75) is 102 Å². The molecule has 1 amide bonds. The number of hydrogen-bond acceptors (Lipinski definition) is 6. The fourth-order valence-electron chi connectivity index (χ4n) is 6.97. The van der Waals surface area contributed by atoms with Gasteiger partial charge in [-0.25, -0.2) is 4.79 Å². The number of morpholine rings is 1. The number of rotatable bonds is 11. The number of carbonyl (C=O) groups is 2. The summed E-state index contributed by atoms with van der Waals surface area (Å²) in [7, 11) is 0. The van der Waals surface area contributed by atoms with E-state index in [0.29, 0.717) is 12.1 Å². The number of halogens is 3. The maximum absolute atomic E-state index is 13.3. The molecule has 12 heteroatoms. The van der Waals surface area contributed by atoms with Gasteiger partial charge in [0.1, 0.15) is 5.56 Å². The number of pyridine rings is 1. The summed E-state index contributed by atoms with van der Waals surface area (Å²) in [5.41, 5.74) is 0.954. The Morgan fingerprint density at radius 2 is 1.56 bits per heavy atom. The molecule has 3 saturated heterocycles. The number of carboxylic acid groups (broad SMARTS) is 1. The van der Waals surface area contributed by atoms with Crippen LogP contribution in [0, 0.1) is 0 Å². The topological polar surface area (TPSA) is 104 Å². The highest BCUT2D eigenvalue weighted by molar-refractivity contribution is 5.97. The second-order valence-corrected chi connectivity index (χ2v) is 12.7. The largest absolute Gasteiger partial charge is 0.490 e. The number of carbonyl (C=O) groups excluding carboxylic acids is 1. The summed E-state index contributed by atoms with van der Waals surface area (Å²) < 4.78 is 38.9. The number of alkyl halides is 3. The van der Waals surface area contributed by atoms with E-state index in [1.807, 2.05) is 38.1 Å². The Bertz CT molecular complexity index is 1330. The number of amides is 1. The monoisotopic (exact) mass is 636 g/mol. The quantitative estimate of drug-likeness (QED) is 0.326. The lowest BCUT2D eigenvalue weighted by Crippen LogP contribution is -2.51. The van der Waals surface area contributed by atoms with Crippen LogP contribution in [0.15, 0.2) is 35.1 Å². The first kappa shape index (κ1) is 34.9. The third-order valence-electron chi connectivity index (χ3n) is 9.16. The minimum Gasteiger partial charge on any atom is -0.475 e. The molecule has 250 valence electrons. The van der Waals surface area contributed by atoms with Crippen molar-refractivity contribution in [1.82, 2.24) is 19.7 Å². The molecule has 3 aliphatic heterocycles. The molecule has 3 aliphatic rings. The molecule has 45 heavy (non-hydrogen) atoms. The average Bonchev–Trinajstić information content (AvgIpc) is 3.23. The first-order chi connectivity index (χ1) is 21.5. The van der Waals surface area contributed by atoms with Crippen molar-refractivity contribution in [3.05, 3.63) is 46.2 Å². The van der Waals surface area contributed by atoms with E-state index in [2.05, 4.69) is 15.1 Å². The summed E-state index contributed by atoms with van der Waals surface area (Å²) in [4.78, 5) is 40.7. The van der Waals surface area contributed by atoms with Gasteiger partial charge in [0.15, 0.2) is 0 Å². The van der Waals surface area contributed by atoms with Crippen molar-refractivity contribution in [3.8, 4) is 0 Å². The van der Waals surface area contributed by atoms with E-state index in [4.69, 9.17) is 14.6 Å². The number of fused-ring (bicyclic) bond motifs is 3. The van der Waals surface area contributed by atoms with E-state index in [0.717, 1.165) is 50.0 Å². The molecular weight excluding hydrogens is 589 g/mol. The van der Waals surface area contributed by atoms with Gasteiger partial charge in [-0.2, -0.15) is 13.2 Å². The Morgan fingerprint density at radius 1 is 0.978 bits per heavy atom. The van der Waals surface area contributed by atoms with Gasteiger partial charge in [-0.15, -0.1) is 0 Å². The molecular formula is C33H47F3N4O5. The van der Waals surface area contributed by atoms with Crippen LogP contribution in [0.2, 0.25) is 0 Å². The predicted octanol–water partition coefficient (Wildman–Crippen LogP) is 5.22. The van der Waals surface area contributed by atoms with E-state index in [-0.39, 0.29) is 29.1 Å². The molecule has 2 aromatic rings. The lowest BCUT2D eigenvalue weighted by molar-refractivity contribution is -0.192. The Kier molecular flexibility index (Phi) is 12.4. The van der Waals surface area contributed by atoms with Gasteiger partial charge in [0, 0.05) is 37.3 Å². The average molecular weight is 637 g/mol. The minimum absolute atomic E-state index is 0.0102. The van der Waals surface area contributed by atoms with Crippen molar-refractivity contribution in [1.29, 1.82) is 0 Å². The highest BCUT2D eigenvalue weighted by atomic mass is 19.4. The number of ether oxygens (including phenoxy) is 1. The summed E-state index contributed by atoms with van der Waals surface area (Å²) >= 11 is 0. The molecule has 2 bridgehead atoms. The summed E-state index contributed by atoms with van der Waals surface area (Å²) in [6, 6.07) is 10.9. The molecule has 1 aromatic carbocycles. The molecule has 0 radical (unpaired) electrons. The fraction of sp³-hybridized carbons (Fsp3) is 0.667. The van der Waals surface area contributed by atoms with Gasteiger partial charge in [0.25, 0.3) is 11.5 Å². The Morgan fingerprint density at radius 3 is 2.16 bits per heavy atom. The molecule has 0 aliphatic carbocycles. The van der Waals surface area contributed by atoms with Crippen molar-refractivity contribution in [3.63, 3.8) is 0 Å². The summed E-state index contributed by atoms with van der Waals surface area (Å²) in [6.07, 6.45) is 5.89. The fourth-order valence-corrected chi connectivity index (χ4v) is 6.97. The van der Waals surface area contributed by atoms with Gasteiger partial charge >= 0.3 is 12.1 Å². The predicted molar refractivity (Wildman–Crippen MR) is 167 cm³/mol. The molecule has 1 unspecified atom stereocenters. The molecule has 2 N–H and O–H groups in total. The van der Waals surface area contributed by atoms with Crippen LogP contribution >= 0.6 is 0 Å². The first-order valence-corrected chi connectivity index (χ1v) is 16.3. The van der Waals surface area contributed by atoms with Crippen molar-refractivity contribution < 1.29 is 32.6 Å². The second-order valence-electron chi connectivity index (χ2n) is 12.7. The SMILES string of the molecule is CC(C)n1c(=O)c(C(=O)NC2C[C@H]3CC[C@@H](C2)N3CCCCCCCN2CCOCC2)cc2ccccc21.O=C(O)C(F)(F)F. The van der Waals surface area contributed by atoms with Crippen LogP contribution in [-0.4, -0.2) is 95.0 Å². The van der Waals surface area contributed by atoms with Crippen LogP contribution in [0.1, 0.15) is 88.0 Å². The number of aliphatic carboxylic acids is 1. The molecule has 1 aromatic heterocycles. The van der Waals surface area contributed by atoms with Crippen LogP contribution in [-0.2, 0) is 9.53 Å². The number of piperidine rings is 1. The lowest BCUT2D eigenvalue weighted by atomic mass is 9.96. The van der Waals surface area contributed by atoms with E-state index in [1.165, 1.54) is 58.0 Å². The summed E-state index contributed by atoms with van der Waals surface area (Å²) in [6.45, 7) is 10.4. The zero-order chi connectivity index (χ0) is 32.6. The normalized spacial score (nSPS) is 22.3. The molecule has 4 heterocycles. The number of nitrogens with zero attached hydrogens (tertiary/aromatic N) is 3. The third kappa shape index (κ3) is 9.52. The Balaban J connectivity index is 0.000000591. The molecule has 5 rings (SSSR count). The van der Waals surface area contributed by atoms with Crippen LogP contribution in [0.5, 0.6) is 0 Å². The Labute approximate surface area is 262 Å². The molecule has 3 atom stereocenters. The van der Waals surface area contributed by atoms with Crippen molar-refractivity contribution in [2.75, 3.05) is 39.4 Å². The zero-order valence-electron chi connectivity index (χ0n) is 26.4. The van der Waals surface area contributed by atoms with E-state index >= 15 is 0 Å². The van der Waals surface area contributed by atoms with Crippen LogP contribution < -0.4 is 10.9 Å². The number of unbranched alkanes of at least 4 members (excludes halogenated alkanes) is 4. The van der Waals surface area contributed by atoms with Gasteiger partial charge in [0.2, 0.25) is 0 Å². The van der Waals surface area contributed by atoms with Crippen LogP contribution in [0.3, 0.4) is 0 Å². The number of benzene rings is 1. The maximum atomic E-state index is 13.3. The second kappa shape index (κ2) is 16.0. The standard InChI is InChI=1S/C31H46N4O3.C2HF3O2/c1-23(2)35-29-11-7-6-10-24(29)20-28(31(35)37)30(36)32-25-21-26-12-13-27(22-25)34(26)15-9-5-3-4-8-14-33-16-18-38-19-17-33;3-2(4,5)1(6)7/h6-7,10-11,20,23,25-27H,3-5,8-9,12-19,21-22H2,1-2H3,(H,32,36);(H,6,7)/t25?,26-,27+;. The zero-order valence-corrected chi connectivity index (χ0v) is 26.4. The Hall–Kier alpha value is -2.96. The highest BCUT2D eigenvalue weighted by Crippen LogP contribution is 2.36. The minimum atomic E-state index is -5.08. The first-order valence-electron chi connectivity index (χ1n) is 16.3. The van der Waals surface area contributed by atoms with Crippen molar-refractivity contribution >= 4 is 22.8 Å². The number of nitrogens with one attached hydrogen (secondary N) is 1. The van der Waals surface area contributed by atoms with Gasteiger partial charge in [-0.05, 0) is 83.0 Å². The third-order valence-corrected chi connectivity index (χ3v) is 9.16. The molecule has 9 nitrogen and oxygen atoms in total. The summed E-state index contributed by atoms with van der Waals surface area (Å²) in [5.74, 6) is -2.97. The maximum Gasteiger partial charge on any atom is 0.490 e. The van der Waals surface area contributed by atoms with Crippen LogP contribution in [0.4, 0.5) is 13.2 Å². The summed E-state index contributed by atoms with van der Waals surface area (Å²) in [5, 5.41) is 11.3. The van der Waals surface area contributed by atoms with E-state index < -0.39 is 12.1 Å². The molecule has 0 saturated carbocycles. The van der Waals surface area contributed by atoms with E-state index in [1.54, 1.807) is 10.6 Å². The number of carboxylic acids is 1. The smallest absolute Gasteiger partial charge is 0.475 e. The van der Waals surface area contributed by atoms with Crippen molar-refractivity contribution in [2.24, 2.45) is 0 Å². The van der Waals surface area contributed by atoms with Gasteiger partial charge in [0.05, 0.1) is 18.7 Å². The lowest BCUT2D eigenvalue weighted by Gasteiger charge is -2.39. The molecule has 3 fully saturated rings.